The zero-order valence-corrected chi connectivity index (χ0v) is 61.3. The van der Waals surface area contributed by atoms with Gasteiger partial charge in [-0.05, 0) is 197 Å². The molecule has 4 heterocycles. The fourth-order valence-electron chi connectivity index (χ4n) is 17.4. The third-order valence-electron chi connectivity index (χ3n) is 22.4. The van der Waals surface area contributed by atoms with Gasteiger partial charge in [0.25, 0.3) is 0 Å². The molecule has 21 aromatic rings. The summed E-state index contributed by atoms with van der Waals surface area (Å²) in [7, 11) is -1.21. The van der Waals surface area contributed by atoms with Crippen molar-refractivity contribution in [2.75, 3.05) is 9.80 Å². The van der Waals surface area contributed by atoms with E-state index in [0.717, 1.165) is 128 Å². The lowest BCUT2D eigenvalue weighted by Gasteiger charge is -2.31. The highest BCUT2D eigenvalue weighted by Gasteiger charge is 2.34. The zero-order valence-electron chi connectivity index (χ0n) is 59.6. The minimum atomic E-state index is -1.21. The first-order valence-corrected chi connectivity index (χ1v) is 39.7. The SMILES string of the molecule is c1cc(-c2ccccc2N(c2ccc(-c3cccc4c3oc3ccccc34)cc2)c2cccc3c2-c2ccccc2[SH]3c2ccc(-c3cccc(-c4cccc5ccccc45)c3)c(N(c3ccc(-c4ccc5c(c4)oc4ccccc45)cc3)c3cccc4sc5ccccc5c34)c2)cc(-c2cccc3ccccc23)c1. The molecule has 516 valence electrons. The largest absolute Gasteiger partial charge is 0.456 e. The Morgan fingerprint density at radius 3 is 1.43 bits per heavy atom. The molecule has 0 saturated heterocycles. The second-order valence-corrected chi connectivity index (χ2v) is 31.8. The van der Waals surface area contributed by atoms with Crippen LogP contribution < -0.4 is 9.80 Å². The average molecular weight is 1440 g/mol. The summed E-state index contributed by atoms with van der Waals surface area (Å²) >= 11 is 1.85. The Bertz CT molecular complexity index is 7260. The molecule has 0 fully saturated rings. The average Bonchev–Trinajstić information content (AvgIpc) is 1.57. The van der Waals surface area contributed by atoms with Crippen LogP contribution in [0.5, 0.6) is 0 Å². The van der Waals surface area contributed by atoms with Gasteiger partial charge in [0.15, 0.2) is 0 Å². The Hall–Kier alpha value is -13.8. The summed E-state index contributed by atoms with van der Waals surface area (Å²) in [6.45, 7) is 0. The van der Waals surface area contributed by atoms with E-state index < -0.39 is 10.9 Å². The molecule has 6 heteroatoms. The van der Waals surface area contributed by atoms with E-state index in [1.165, 1.54) is 84.2 Å². The van der Waals surface area contributed by atoms with Crippen molar-refractivity contribution < 1.29 is 8.83 Å². The molecule has 4 nitrogen and oxygen atoms in total. The van der Waals surface area contributed by atoms with Crippen LogP contribution in [-0.4, -0.2) is 0 Å². The predicted molar refractivity (Wildman–Crippen MR) is 467 cm³/mol. The number of para-hydroxylation sites is 4. The number of thiol groups is 1. The number of fused-ring (bicyclic) bond motifs is 14. The van der Waals surface area contributed by atoms with Gasteiger partial charge in [0.05, 0.1) is 22.7 Å². The van der Waals surface area contributed by atoms with E-state index in [1.807, 2.05) is 23.5 Å². The molecule has 0 aliphatic carbocycles. The zero-order chi connectivity index (χ0) is 72.3. The normalized spacial score (nSPS) is 13.0. The summed E-state index contributed by atoms with van der Waals surface area (Å²) in [5.74, 6) is 0. The van der Waals surface area contributed by atoms with Crippen LogP contribution in [-0.2, 0) is 0 Å². The Morgan fingerprint density at radius 2 is 0.700 bits per heavy atom. The van der Waals surface area contributed by atoms with Gasteiger partial charge in [-0.2, -0.15) is 10.9 Å². The van der Waals surface area contributed by atoms with Crippen LogP contribution in [0.3, 0.4) is 0 Å². The van der Waals surface area contributed by atoms with E-state index in [0.29, 0.717) is 0 Å². The molecule has 1 unspecified atom stereocenters. The minimum Gasteiger partial charge on any atom is -0.456 e. The topological polar surface area (TPSA) is 32.8 Å². The first kappa shape index (κ1) is 63.5. The lowest BCUT2D eigenvalue weighted by Crippen LogP contribution is -2.12. The number of thiophene rings is 1. The fraction of sp³-hybridized carbons (Fsp3) is 0. The Labute approximate surface area is 642 Å². The van der Waals surface area contributed by atoms with Crippen molar-refractivity contribution in [2.45, 2.75) is 14.7 Å². The van der Waals surface area contributed by atoms with Gasteiger partial charge in [-0.3, -0.25) is 0 Å². The van der Waals surface area contributed by atoms with Gasteiger partial charge in [0.1, 0.15) is 22.3 Å². The monoisotopic (exact) mass is 1440 g/mol. The summed E-state index contributed by atoms with van der Waals surface area (Å²) in [5, 5.41) is 11.8. The second kappa shape index (κ2) is 26.0. The summed E-state index contributed by atoms with van der Waals surface area (Å²) in [6.07, 6.45) is 0. The molecule has 1 atom stereocenters. The molecule has 110 heavy (non-hydrogen) atoms. The molecule has 0 bridgehead atoms. The van der Waals surface area contributed by atoms with Crippen LogP contribution in [0.4, 0.5) is 34.1 Å². The quantitative estimate of drug-likeness (QED) is 0.117. The van der Waals surface area contributed by atoms with Gasteiger partial charge in [-0.15, -0.1) is 11.3 Å². The van der Waals surface area contributed by atoms with Gasteiger partial charge >= 0.3 is 0 Å². The van der Waals surface area contributed by atoms with Crippen LogP contribution in [0.1, 0.15) is 0 Å². The number of anilines is 6. The van der Waals surface area contributed by atoms with Crippen molar-refractivity contribution in [3.63, 3.8) is 0 Å². The van der Waals surface area contributed by atoms with Gasteiger partial charge in [-0.25, -0.2) is 0 Å². The minimum absolute atomic E-state index is 0.876. The third kappa shape index (κ3) is 10.5. The third-order valence-corrected chi connectivity index (χ3v) is 26.0. The number of rotatable bonds is 13. The van der Waals surface area contributed by atoms with Crippen LogP contribution in [0.15, 0.2) is 418 Å². The molecular formula is C104H66N2O2S2. The maximum atomic E-state index is 6.70. The highest BCUT2D eigenvalue weighted by molar-refractivity contribution is 8.17. The van der Waals surface area contributed by atoms with Gasteiger partial charge in [0.2, 0.25) is 0 Å². The maximum Gasteiger partial charge on any atom is 0.143 e. The van der Waals surface area contributed by atoms with E-state index in [1.54, 1.807) is 0 Å². The van der Waals surface area contributed by atoms with Gasteiger partial charge < -0.3 is 18.6 Å². The summed E-state index contributed by atoms with van der Waals surface area (Å²) in [4.78, 5) is 8.96. The standard InChI is InChI=1S/C104H66N2O2S2/c1-3-30-78-67(22-1)24-17-37-80(78)71-26-15-28-73(62-71)82-32-5-10-41-91(82)105(75-57-52-69(53-58-75)84-39-19-40-88-86-34-7-12-45-96(86)108-104(84)88)93-43-21-49-101-103(93)90-36-9-14-48-100(90)110(101)77-59-61-83(74-29-16-27-72(63-74)81-38-18-25-68-23-2-4-31-79(68)81)94(65-77)106(92-42-20-47-99-102(92)89-35-8-13-46-98(89)109-99)76-55-50-66(51-56-76)70-54-60-87-85-33-6-11-44-95(85)107-97(87)64-70/h1-65,110H. The molecule has 0 amide bonds. The predicted octanol–water partition coefficient (Wildman–Crippen LogP) is 30.6. The number of benzene rings is 18. The van der Waals surface area contributed by atoms with Crippen molar-refractivity contribution in [3.8, 4) is 77.9 Å². The van der Waals surface area contributed by atoms with Crippen LogP contribution in [0.2, 0.25) is 0 Å². The first-order valence-electron chi connectivity index (χ1n) is 37.5. The lowest BCUT2D eigenvalue weighted by atomic mass is 9.94. The van der Waals surface area contributed by atoms with Gasteiger partial charge in [-0.1, -0.05) is 279 Å². The second-order valence-electron chi connectivity index (χ2n) is 28.6. The highest BCUT2D eigenvalue weighted by atomic mass is 32.2. The highest BCUT2D eigenvalue weighted by Crippen LogP contribution is 2.66. The molecule has 0 radical (unpaired) electrons. The molecule has 3 aromatic heterocycles. The van der Waals surface area contributed by atoms with Crippen LogP contribution >= 0.6 is 22.2 Å². The fourth-order valence-corrected chi connectivity index (χ4v) is 21.1. The van der Waals surface area contributed by atoms with Crippen LogP contribution in [0.25, 0.3) is 163 Å². The Kier molecular flexibility index (Phi) is 15.0. The van der Waals surface area contributed by atoms with E-state index in [9.17, 15) is 0 Å². The van der Waals surface area contributed by atoms with Crippen LogP contribution in [0, 0.1) is 0 Å². The van der Waals surface area contributed by atoms with E-state index >= 15 is 0 Å². The summed E-state index contributed by atoms with van der Waals surface area (Å²) in [5.41, 5.74) is 26.0. The lowest BCUT2D eigenvalue weighted by molar-refractivity contribution is 0.669. The number of hydrogen-bond donors (Lipinski definition) is 1. The van der Waals surface area contributed by atoms with Crippen molar-refractivity contribution in [2.24, 2.45) is 0 Å². The molecule has 18 aromatic carbocycles. The molecule has 1 aliphatic heterocycles. The van der Waals surface area contributed by atoms with Gasteiger partial charge in [0, 0.05) is 85.1 Å². The number of nitrogens with zero attached hydrogens (tertiary/aromatic N) is 2. The van der Waals surface area contributed by atoms with Crippen molar-refractivity contribution in [1.29, 1.82) is 0 Å². The Morgan fingerprint density at radius 1 is 0.236 bits per heavy atom. The van der Waals surface area contributed by atoms with Crippen molar-refractivity contribution in [3.05, 3.63) is 394 Å². The molecule has 0 N–H and O–H groups in total. The molecule has 1 aliphatic rings. The van der Waals surface area contributed by atoms with Crippen molar-refractivity contribution in [1.82, 2.24) is 0 Å². The number of furan rings is 2. The molecule has 0 spiro atoms. The number of hydrogen-bond acceptors (Lipinski definition) is 5. The Balaban J connectivity index is 0.750. The first-order chi connectivity index (χ1) is 54.5. The van der Waals surface area contributed by atoms with E-state index in [4.69, 9.17) is 8.83 Å². The summed E-state index contributed by atoms with van der Waals surface area (Å²) in [6, 6.07) is 146. The van der Waals surface area contributed by atoms with Crippen molar-refractivity contribution >= 4 is 142 Å². The molecule has 0 saturated carbocycles. The smallest absolute Gasteiger partial charge is 0.143 e. The summed E-state index contributed by atoms with van der Waals surface area (Å²) < 4.78 is 15.7. The van der Waals surface area contributed by atoms with E-state index in [2.05, 4.69) is 392 Å². The maximum absolute atomic E-state index is 6.70. The molecule has 22 rings (SSSR count). The molecular weight excluding hydrogens is 1370 g/mol. The van der Waals surface area contributed by atoms with E-state index in [-0.39, 0.29) is 0 Å².